The van der Waals surface area contributed by atoms with E-state index in [1.54, 1.807) is 0 Å². The second-order valence-electron chi connectivity index (χ2n) is 5.29. The standard InChI is InChI=1S/C14H26N4/c1-4-8-11-9-6-7-10-18(11)14-13(15)12(5-2)16-17(14)3/h11H,4-10,15H2,1-3H3. The van der Waals surface area contributed by atoms with Crippen molar-refractivity contribution in [1.82, 2.24) is 9.78 Å². The van der Waals surface area contributed by atoms with Gasteiger partial charge in [0.05, 0.1) is 11.4 Å². The van der Waals surface area contributed by atoms with Gasteiger partial charge in [0.1, 0.15) is 0 Å². The maximum absolute atomic E-state index is 6.28. The first-order valence-corrected chi connectivity index (χ1v) is 7.27. The van der Waals surface area contributed by atoms with Gasteiger partial charge in [-0.2, -0.15) is 5.10 Å². The van der Waals surface area contributed by atoms with Gasteiger partial charge in [-0.05, 0) is 32.1 Å². The van der Waals surface area contributed by atoms with E-state index in [-0.39, 0.29) is 0 Å². The lowest BCUT2D eigenvalue weighted by atomic mass is 9.98. The van der Waals surface area contributed by atoms with Crippen molar-refractivity contribution < 1.29 is 0 Å². The number of anilines is 2. The SMILES string of the molecule is CCCC1CCCCN1c1c(N)c(CC)nn1C. The summed E-state index contributed by atoms with van der Waals surface area (Å²) in [7, 11) is 2.02. The highest BCUT2D eigenvalue weighted by atomic mass is 15.4. The molecule has 1 aromatic heterocycles. The molecule has 0 radical (unpaired) electrons. The van der Waals surface area contributed by atoms with Gasteiger partial charge in [0, 0.05) is 19.6 Å². The number of rotatable bonds is 4. The minimum atomic E-state index is 0.645. The van der Waals surface area contributed by atoms with Gasteiger partial charge in [0.2, 0.25) is 0 Å². The third kappa shape index (κ3) is 2.33. The normalized spacial score (nSPS) is 20.4. The predicted molar refractivity (Wildman–Crippen MR) is 76.9 cm³/mol. The van der Waals surface area contributed by atoms with Crippen LogP contribution in [0.2, 0.25) is 0 Å². The largest absolute Gasteiger partial charge is 0.394 e. The summed E-state index contributed by atoms with van der Waals surface area (Å²) < 4.78 is 1.97. The summed E-state index contributed by atoms with van der Waals surface area (Å²) in [5, 5.41) is 4.55. The maximum atomic E-state index is 6.28. The summed E-state index contributed by atoms with van der Waals surface area (Å²) in [6, 6.07) is 0.645. The number of hydrogen-bond acceptors (Lipinski definition) is 3. The van der Waals surface area contributed by atoms with Crippen LogP contribution in [0.1, 0.15) is 51.6 Å². The molecule has 2 rings (SSSR count). The number of aromatic nitrogens is 2. The summed E-state index contributed by atoms with van der Waals surface area (Å²) in [5.74, 6) is 1.14. The molecule has 102 valence electrons. The molecule has 0 aromatic carbocycles. The molecule has 1 aliphatic heterocycles. The Morgan fingerprint density at radius 3 is 2.72 bits per heavy atom. The molecule has 1 unspecified atom stereocenters. The van der Waals surface area contributed by atoms with Crippen LogP contribution in [0.3, 0.4) is 0 Å². The summed E-state index contributed by atoms with van der Waals surface area (Å²) in [6.45, 7) is 5.50. The van der Waals surface area contributed by atoms with Gasteiger partial charge in [-0.3, -0.25) is 4.68 Å². The van der Waals surface area contributed by atoms with Crippen molar-refractivity contribution in [2.75, 3.05) is 17.2 Å². The third-order valence-electron chi connectivity index (χ3n) is 3.99. The molecule has 4 nitrogen and oxygen atoms in total. The van der Waals surface area contributed by atoms with Crippen LogP contribution in [0.25, 0.3) is 0 Å². The van der Waals surface area contributed by atoms with E-state index in [0.29, 0.717) is 6.04 Å². The fourth-order valence-electron chi connectivity index (χ4n) is 3.10. The number of aryl methyl sites for hydroxylation is 2. The van der Waals surface area contributed by atoms with Crippen molar-refractivity contribution in [3.8, 4) is 0 Å². The second kappa shape index (κ2) is 5.63. The molecule has 0 spiro atoms. The second-order valence-corrected chi connectivity index (χ2v) is 5.29. The first-order chi connectivity index (χ1) is 8.69. The van der Waals surface area contributed by atoms with Crippen molar-refractivity contribution in [2.45, 2.75) is 58.4 Å². The molecule has 1 fully saturated rings. The summed E-state index contributed by atoms with van der Waals surface area (Å²) in [6.07, 6.45) is 7.31. The lowest BCUT2D eigenvalue weighted by Crippen LogP contribution is -2.41. The minimum Gasteiger partial charge on any atom is -0.394 e. The molecule has 1 aliphatic rings. The van der Waals surface area contributed by atoms with E-state index in [0.717, 1.165) is 30.2 Å². The zero-order valence-corrected chi connectivity index (χ0v) is 11.9. The molecule has 0 amide bonds. The van der Waals surface area contributed by atoms with Crippen molar-refractivity contribution >= 4 is 11.5 Å². The number of hydrogen-bond donors (Lipinski definition) is 1. The van der Waals surface area contributed by atoms with Crippen LogP contribution >= 0.6 is 0 Å². The van der Waals surface area contributed by atoms with Gasteiger partial charge < -0.3 is 10.6 Å². The highest BCUT2D eigenvalue weighted by molar-refractivity contribution is 5.67. The smallest absolute Gasteiger partial charge is 0.150 e. The number of nitrogens with two attached hydrogens (primary N) is 1. The van der Waals surface area contributed by atoms with Crippen molar-refractivity contribution in [1.29, 1.82) is 0 Å². The van der Waals surface area contributed by atoms with E-state index in [2.05, 4.69) is 23.8 Å². The molecule has 18 heavy (non-hydrogen) atoms. The van der Waals surface area contributed by atoms with Gasteiger partial charge in [0.15, 0.2) is 5.82 Å². The molecule has 1 atom stereocenters. The lowest BCUT2D eigenvalue weighted by Gasteiger charge is -2.37. The average molecular weight is 250 g/mol. The van der Waals surface area contributed by atoms with Crippen molar-refractivity contribution in [3.63, 3.8) is 0 Å². The quantitative estimate of drug-likeness (QED) is 0.893. The van der Waals surface area contributed by atoms with E-state index in [1.807, 2.05) is 11.7 Å². The van der Waals surface area contributed by atoms with E-state index in [9.17, 15) is 0 Å². The van der Waals surface area contributed by atoms with Gasteiger partial charge in [0.25, 0.3) is 0 Å². The molecule has 2 heterocycles. The summed E-state index contributed by atoms with van der Waals surface area (Å²) in [5.41, 5.74) is 8.21. The van der Waals surface area contributed by atoms with Crippen molar-refractivity contribution in [2.24, 2.45) is 7.05 Å². The van der Waals surface area contributed by atoms with Crippen LogP contribution < -0.4 is 10.6 Å². The van der Waals surface area contributed by atoms with Gasteiger partial charge in [-0.25, -0.2) is 0 Å². The minimum absolute atomic E-state index is 0.645. The van der Waals surface area contributed by atoms with E-state index in [1.165, 1.54) is 32.1 Å². The predicted octanol–water partition coefficient (Wildman–Crippen LogP) is 2.72. The molecule has 1 saturated heterocycles. The Hall–Kier alpha value is -1.19. The molecule has 2 N–H and O–H groups in total. The number of nitrogens with zero attached hydrogens (tertiary/aromatic N) is 3. The van der Waals surface area contributed by atoms with Crippen molar-refractivity contribution in [3.05, 3.63) is 5.69 Å². The zero-order valence-electron chi connectivity index (χ0n) is 11.9. The van der Waals surface area contributed by atoms with Crippen LogP contribution in [0, 0.1) is 0 Å². The Bertz CT molecular complexity index is 395. The topological polar surface area (TPSA) is 47.1 Å². The van der Waals surface area contributed by atoms with E-state index in [4.69, 9.17) is 5.73 Å². The Labute approximate surface area is 110 Å². The molecule has 1 aromatic rings. The summed E-state index contributed by atoms with van der Waals surface area (Å²) in [4.78, 5) is 2.49. The molecular formula is C14H26N4. The Kier molecular flexibility index (Phi) is 4.15. The van der Waals surface area contributed by atoms with Crippen LogP contribution in [-0.2, 0) is 13.5 Å². The molecular weight excluding hydrogens is 224 g/mol. The van der Waals surface area contributed by atoms with Crippen LogP contribution in [0.4, 0.5) is 11.5 Å². The van der Waals surface area contributed by atoms with E-state index < -0.39 is 0 Å². The highest BCUT2D eigenvalue weighted by Gasteiger charge is 2.27. The zero-order chi connectivity index (χ0) is 13.1. The molecule has 0 saturated carbocycles. The van der Waals surface area contributed by atoms with E-state index >= 15 is 0 Å². The van der Waals surface area contributed by atoms with Crippen LogP contribution in [-0.4, -0.2) is 22.4 Å². The Morgan fingerprint density at radius 1 is 1.33 bits per heavy atom. The van der Waals surface area contributed by atoms with Crippen LogP contribution in [0.15, 0.2) is 0 Å². The average Bonchev–Trinajstić information content (AvgIpc) is 2.66. The molecule has 0 bridgehead atoms. The maximum Gasteiger partial charge on any atom is 0.150 e. The molecule has 4 heteroatoms. The fraction of sp³-hybridized carbons (Fsp3) is 0.786. The first-order valence-electron chi connectivity index (χ1n) is 7.27. The Balaban J connectivity index is 2.30. The van der Waals surface area contributed by atoms with Crippen LogP contribution in [0.5, 0.6) is 0 Å². The summed E-state index contributed by atoms with van der Waals surface area (Å²) >= 11 is 0. The first kappa shape index (κ1) is 13.2. The fourth-order valence-corrected chi connectivity index (χ4v) is 3.10. The monoisotopic (exact) mass is 250 g/mol. The number of nitrogen functional groups attached to an aromatic ring is 1. The highest BCUT2D eigenvalue weighted by Crippen LogP contribution is 2.33. The molecule has 0 aliphatic carbocycles. The van der Waals surface area contributed by atoms with Gasteiger partial charge >= 0.3 is 0 Å². The third-order valence-corrected chi connectivity index (χ3v) is 3.99. The van der Waals surface area contributed by atoms with Gasteiger partial charge in [-0.1, -0.05) is 20.3 Å². The lowest BCUT2D eigenvalue weighted by molar-refractivity contribution is 0.427. The Morgan fingerprint density at radius 2 is 2.11 bits per heavy atom. The number of piperidine rings is 1. The van der Waals surface area contributed by atoms with Gasteiger partial charge in [-0.15, -0.1) is 0 Å².